The second-order valence-electron chi connectivity index (χ2n) is 4.75. The number of hydrogen-bond donors (Lipinski definition) is 2. The lowest BCUT2D eigenvalue weighted by Crippen LogP contribution is -2.31. The lowest BCUT2D eigenvalue weighted by atomic mass is 9.85. The summed E-state index contributed by atoms with van der Waals surface area (Å²) in [6, 6.07) is 0. The van der Waals surface area contributed by atoms with Crippen molar-refractivity contribution in [3.63, 3.8) is 0 Å². The van der Waals surface area contributed by atoms with E-state index in [2.05, 4.69) is 31.1 Å². The van der Waals surface area contributed by atoms with Crippen LogP contribution in [-0.4, -0.2) is 29.0 Å². The molecule has 1 aromatic heterocycles. The molecule has 1 aromatic rings. The zero-order chi connectivity index (χ0) is 14.5. The number of ether oxygens (including phenoxy) is 1. The number of carbonyl (C=O) groups excluding carboxylic acids is 1. The zero-order valence-corrected chi connectivity index (χ0v) is 12.6. The molecule has 1 heterocycles. The molecule has 20 heavy (non-hydrogen) atoms. The van der Waals surface area contributed by atoms with Crippen LogP contribution in [0, 0.1) is 5.92 Å². The Labute approximate surface area is 124 Å². The van der Waals surface area contributed by atoms with Crippen molar-refractivity contribution < 1.29 is 9.53 Å². The highest BCUT2D eigenvalue weighted by Gasteiger charge is 2.20. The number of amides is 1. The Balaban J connectivity index is 2.00. The normalized spacial score (nSPS) is 14.7. The molecule has 1 saturated carbocycles. The monoisotopic (exact) mass is 344 g/mol. The maximum absolute atomic E-state index is 12.3. The lowest BCUT2D eigenvalue weighted by Gasteiger charge is -2.25. The quantitative estimate of drug-likeness (QED) is 0.758. The minimum Gasteiger partial charge on any atom is -0.448 e. The van der Waals surface area contributed by atoms with Crippen molar-refractivity contribution in [2.45, 2.75) is 25.8 Å². The van der Waals surface area contributed by atoms with Gasteiger partial charge in [0.2, 0.25) is 0 Å². The summed E-state index contributed by atoms with van der Waals surface area (Å²) < 4.78 is 6.67. The Morgan fingerprint density at radius 2 is 2.35 bits per heavy atom. The predicted octanol–water partition coefficient (Wildman–Crippen LogP) is 1.31. The van der Waals surface area contributed by atoms with Gasteiger partial charge in [-0.1, -0.05) is 6.42 Å². The average Bonchev–Trinajstić information content (AvgIpc) is 2.34. The smallest absolute Gasteiger partial charge is 0.404 e. The van der Waals surface area contributed by atoms with E-state index in [1.165, 1.54) is 11.1 Å². The Morgan fingerprint density at radius 3 is 2.95 bits per heavy atom. The highest BCUT2D eigenvalue weighted by molar-refractivity contribution is 9.10. The van der Waals surface area contributed by atoms with Crippen LogP contribution in [0.15, 0.2) is 15.5 Å². The highest BCUT2D eigenvalue weighted by Crippen LogP contribution is 2.27. The number of primary amides is 1. The van der Waals surface area contributed by atoms with Crippen molar-refractivity contribution in [2.24, 2.45) is 11.7 Å². The average molecular weight is 345 g/mol. The van der Waals surface area contributed by atoms with Gasteiger partial charge in [0.05, 0.1) is 10.7 Å². The number of rotatable bonds is 6. The highest BCUT2D eigenvalue weighted by atomic mass is 79.9. The molecule has 0 radical (unpaired) electrons. The molecule has 1 amide bonds. The molecule has 0 aromatic carbocycles. The number of halogens is 1. The van der Waals surface area contributed by atoms with Crippen molar-refractivity contribution in [3.05, 3.63) is 21.0 Å². The first kappa shape index (κ1) is 14.8. The summed E-state index contributed by atoms with van der Waals surface area (Å²) in [6.07, 6.45) is 4.30. The summed E-state index contributed by atoms with van der Waals surface area (Å²) in [5.74, 6) is 0.549. The molecule has 0 aliphatic heterocycles. The van der Waals surface area contributed by atoms with Gasteiger partial charge in [0.1, 0.15) is 12.3 Å². The number of anilines is 1. The first-order valence-corrected chi connectivity index (χ1v) is 7.29. The van der Waals surface area contributed by atoms with Gasteiger partial charge in [-0.3, -0.25) is 4.79 Å². The molecule has 110 valence electrons. The summed E-state index contributed by atoms with van der Waals surface area (Å²) in [7, 11) is 0. The van der Waals surface area contributed by atoms with E-state index in [1.54, 1.807) is 6.20 Å². The van der Waals surface area contributed by atoms with E-state index in [0.29, 0.717) is 29.2 Å². The van der Waals surface area contributed by atoms with E-state index in [1.807, 2.05) is 0 Å². The third-order valence-electron chi connectivity index (χ3n) is 3.30. The molecule has 0 saturated heterocycles. The molecule has 0 unspecified atom stereocenters. The molecule has 0 spiro atoms. The molecular formula is C12H17BrN4O3. The van der Waals surface area contributed by atoms with E-state index in [-0.39, 0.29) is 12.2 Å². The van der Waals surface area contributed by atoms with Gasteiger partial charge >= 0.3 is 6.09 Å². The van der Waals surface area contributed by atoms with Crippen molar-refractivity contribution in [2.75, 3.05) is 18.5 Å². The number of nitrogens with two attached hydrogens (primary N) is 1. The molecule has 0 atom stereocenters. The first-order valence-electron chi connectivity index (χ1n) is 6.49. The fraction of sp³-hybridized carbons (Fsp3) is 0.583. The van der Waals surface area contributed by atoms with Crippen LogP contribution in [0.1, 0.15) is 19.3 Å². The van der Waals surface area contributed by atoms with Crippen LogP contribution in [0.2, 0.25) is 0 Å². The van der Waals surface area contributed by atoms with Crippen LogP contribution in [0.3, 0.4) is 0 Å². The third-order valence-corrected chi connectivity index (χ3v) is 3.90. The van der Waals surface area contributed by atoms with Gasteiger partial charge in [0.15, 0.2) is 0 Å². The molecule has 2 rings (SSSR count). The summed E-state index contributed by atoms with van der Waals surface area (Å²) >= 11 is 3.29. The minimum atomic E-state index is -0.831. The second-order valence-corrected chi connectivity index (χ2v) is 5.60. The second kappa shape index (κ2) is 6.74. The fourth-order valence-electron chi connectivity index (χ4n) is 2.01. The van der Waals surface area contributed by atoms with Gasteiger partial charge in [0.25, 0.3) is 5.56 Å². The van der Waals surface area contributed by atoms with Crippen LogP contribution in [0.5, 0.6) is 0 Å². The molecule has 8 heteroatoms. The van der Waals surface area contributed by atoms with E-state index in [4.69, 9.17) is 5.73 Å². The van der Waals surface area contributed by atoms with Crippen molar-refractivity contribution in [1.82, 2.24) is 9.78 Å². The van der Waals surface area contributed by atoms with E-state index in [0.717, 1.165) is 12.8 Å². The van der Waals surface area contributed by atoms with Crippen molar-refractivity contribution >= 4 is 27.7 Å². The van der Waals surface area contributed by atoms with Crippen molar-refractivity contribution in [3.8, 4) is 0 Å². The fourth-order valence-corrected chi connectivity index (χ4v) is 2.41. The van der Waals surface area contributed by atoms with Gasteiger partial charge in [-0.15, -0.1) is 0 Å². The van der Waals surface area contributed by atoms with Gasteiger partial charge < -0.3 is 15.8 Å². The SMILES string of the molecule is NC(=O)OCCNc1c(Br)cnn(CC2CCC2)c1=O. The van der Waals surface area contributed by atoms with Crippen LogP contribution in [-0.2, 0) is 11.3 Å². The summed E-state index contributed by atoms with van der Waals surface area (Å²) in [5, 5.41) is 7.06. The molecule has 1 fully saturated rings. The van der Waals surface area contributed by atoms with Crippen molar-refractivity contribution in [1.29, 1.82) is 0 Å². The molecule has 7 nitrogen and oxygen atoms in total. The van der Waals surface area contributed by atoms with E-state index in [9.17, 15) is 9.59 Å². The number of nitrogens with zero attached hydrogens (tertiary/aromatic N) is 2. The lowest BCUT2D eigenvalue weighted by molar-refractivity contribution is 0.161. The Kier molecular flexibility index (Phi) is 4.99. The number of aromatic nitrogens is 2. The Hall–Kier alpha value is -1.57. The van der Waals surface area contributed by atoms with Crippen LogP contribution in [0.4, 0.5) is 10.5 Å². The zero-order valence-electron chi connectivity index (χ0n) is 11.0. The summed E-state index contributed by atoms with van der Waals surface area (Å²) in [5.41, 5.74) is 5.11. The molecule has 1 aliphatic carbocycles. The van der Waals surface area contributed by atoms with Crippen LogP contribution < -0.4 is 16.6 Å². The summed E-state index contributed by atoms with van der Waals surface area (Å²) in [6.45, 7) is 1.06. The first-order chi connectivity index (χ1) is 9.58. The largest absolute Gasteiger partial charge is 0.448 e. The minimum absolute atomic E-state index is 0.103. The van der Waals surface area contributed by atoms with E-state index >= 15 is 0 Å². The molecule has 1 aliphatic rings. The van der Waals surface area contributed by atoms with E-state index < -0.39 is 6.09 Å². The molecule has 3 N–H and O–H groups in total. The maximum Gasteiger partial charge on any atom is 0.404 e. The number of nitrogens with one attached hydrogen (secondary N) is 1. The Bertz CT molecular complexity index is 542. The third kappa shape index (κ3) is 3.72. The van der Waals surface area contributed by atoms with Gasteiger partial charge in [-0.25, -0.2) is 9.48 Å². The van der Waals surface area contributed by atoms with Crippen LogP contribution in [0.25, 0.3) is 0 Å². The van der Waals surface area contributed by atoms with Gasteiger partial charge in [0, 0.05) is 13.1 Å². The van der Waals surface area contributed by atoms with Gasteiger partial charge in [-0.05, 0) is 34.7 Å². The number of hydrogen-bond acceptors (Lipinski definition) is 5. The summed E-state index contributed by atoms with van der Waals surface area (Å²) in [4.78, 5) is 22.7. The predicted molar refractivity (Wildman–Crippen MR) is 77.6 cm³/mol. The Morgan fingerprint density at radius 1 is 1.60 bits per heavy atom. The maximum atomic E-state index is 12.3. The molecule has 0 bridgehead atoms. The topological polar surface area (TPSA) is 99.2 Å². The number of carbonyl (C=O) groups is 1. The van der Waals surface area contributed by atoms with Gasteiger partial charge in [-0.2, -0.15) is 5.10 Å². The molecular weight excluding hydrogens is 328 g/mol. The standard InChI is InChI=1S/C12H17BrN4O3/c13-9-6-16-17(7-8-2-1-3-8)11(18)10(9)15-4-5-20-12(14)19/h6,8,15H,1-5,7H2,(H2,14,19). The van der Waals surface area contributed by atoms with Crippen LogP contribution >= 0.6 is 15.9 Å².